The van der Waals surface area contributed by atoms with Gasteiger partial charge in [-0.3, -0.25) is 4.99 Å². The molecule has 0 bridgehead atoms. The average molecular weight is 335 g/mol. The van der Waals surface area contributed by atoms with E-state index in [4.69, 9.17) is 0 Å². The Morgan fingerprint density at radius 1 is 1.30 bits per heavy atom. The van der Waals surface area contributed by atoms with Crippen LogP contribution in [-0.2, 0) is 5.41 Å². The van der Waals surface area contributed by atoms with Crippen molar-refractivity contribution in [3.05, 3.63) is 35.6 Å². The van der Waals surface area contributed by atoms with Gasteiger partial charge in [0, 0.05) is 30.3 Å². The fourth-order valence-electron chi connectivity index (χ4n) is 3.45. The van der Waals surface area contributed by atoms with E-state index in [1.165, 1.54) is 24.8 Å². The molecule has 3 nitrogen and oxygen atoms in total. The van der Waals surface area contributed by atoms with Gasteiger partial charge in [-0.1, -0.05) is 12.1 Å². The molecule has 0 aromatic heterocycles. The van der Waals surface area contributed by atoms with Crippen LogP contribution < -0.4 is 10.6 Å². The Bertz CT molecular complexity index is 554. The molecule has 0 radical (unpaired) electrons. The van der Waals surface area contributed by atoms with E-state index in [0.29, 0.717) is 6.04 Å². The van der Waals surface area contributed by atoms with Crippen LogP contribution in [0, 0.1) is 5.82 Å². The van der Waals surface area contributed by atoms with Gasteiger partial charge >= 0.3 is 0 Å². The molecule has 126 valence electrons. The van der Waals surface area contributed by atoms with Crippen LogP contribution in [0.4, 0.5) is 4.39 Å². The number of halogens is 1. The fourth-order valence-corrected chi connectivity index (χ4v) is 4.24. The van der Waals surface area contributed by atoms with Gasteiger partial charge in [-0.15, -0.1) is 0 Å². The van der Waals surface area contributed by atoms with Gasteiger partial charge in [-0.25, -0.2) is 4.39 Å². The molecule has 2 aliphatic rings. The normalized spacial score (nSPS) is 26.1. The average Bonchev–Trinajstić information content (AvgIpc) is 3.23. The summed E-state index contributed by atoms with van der Waals surface area (Å²) >= 11 is 1.97. The largest absolute Gasteiger partial charge is 0.356 e. The molecule has 0 saturated heterocycles. The van der Waals surface area contributed by atoms with Crippen molar-refractivity contribution < 1.29 is 4.39 Å². The number of rotatable bonds is 5. The first-order valence-electron chi connectivity index (χ1n) is 8.41. The van der Waals surface area contributed by atoms with Crippen LogP contribution in [0.2, 0.25) is 0 Å². The lowest BCUT2D eigenvalue weighted by molar-refractivity contribution is 0.592. The van der Waals surface area contributed by atoms with Crippen molar-refractivity contribution in [2.24, 2.45) is 4.99 Å². The topological polar surface area (TPSA) is 36.4 Å². The van der Waals surface area contributed by atoms with Crippen LogP contribution >= 0.6 is 11.8 Å². The fraction of sp³-hybridized carbons (Fsp3) is 0.611. The number of nitrogens with zero attached hydrogens (tertiary/aromatic N) is 1. The Labute approximate surface area is 142 Å². The predicted octanol–water partition coefficient (Wildman–Crippen LogP) is 3.31. The van der Waals surface area contributed by atoms with Crippen LogP contribution in [0.25, 0.3) is 0 Å². The highest BCUT2D eigenvalue weighted by Crippen LogP contribution is 2.47. The maximum Gasteiger partial charge on any atom is 0.191 e. The molecule has 2 saturated carbocycles. The summed E-state index contributed by atoms with van der Waals surface area (Å²) in [7, 11) is 1.83. The van der Waals surface area contributed by atoms with Crippen molar-refractivity contribution >= 4 is 17.7 Å². The summed E-state index contributed by atoms with van der Waals surface area (Å²) in [5.41, 5.74) is 1.38. The molecular weight excluding hydrogens is 309 g/mol. The van der Waals surface area contributed by atoms with E-state index in [1.54, 1.807) is 12.1 Å². The molecule has 3 rings (SSSR count). The predicted molar refractivity (Wildman–Crippen MR) is 96.8 cm³/mol. The van der Waals surface area contributed by atoms with Gasteiger partial charge in [-0.2, -0.15) is 11.8 Å². The molecule has 0 heterocycles. The molecule has 2 fully saturated rings. The number of thioether (sulfide) groups is 1. The van der Waals surface area contributed by atoms with Crippen molar-refractivity contribution in [2.45, 2.75) is 48.8 Å². The number of hydrogen-bond donors (Lipinski definition) is 2. The zero-order chi connectivity index (χ0) is 16.3. The Hall–Kier alpha value is -1.23. The minimum Gasteiger partial charge on any atom is -0.356 e. The Balaban J connectivity index is 1.53. The highest BCUT2D eigenvalue weighted by atomic mass is 32.2. The zero-order valence-electron chi connectivity index (χ0n) is 13.9. The standard InChI is InChI=1S/C18H26FN3S/c1-20-17(22-15-7-8-16(11-15)23-2)21-12-18(9-10-18)13-3-5-14(19)6-4-13/h3-6,15-16H,7-12H2,1-2H3,(H2,20,21,22). The van der Waals surface area contributed by atoms with E-state index < -0.39 is 0 Å². The van der Waals surface area contributed by atoms with Crippen molar-refractivity contribution in [3.63, 3.8) is 0 Å². The van der Waals surface area contributed by atoms with Gasteiger partial charge in [0.05, 0.1) is 0 Å². The van der Waals surface area contributed by atoms with Crippen LogP contribution in [0.1, 0.15) is 37.7 Å². The SMILES string of the molecule is CN=C(NCC1(c2ccc(F)cc2)CC1)NC1CCC(SC)C1. The number of aliphatic imine (C=N–C) groups is 1. The quantitative estimate of drug-likeness (QED) is 0.640. The third kappa shape index (κ3) is 4.00. The Morgan fingerprint density at radius 2 is 2.04 bits per heavy atom. The Kier molecular flexibility index (Phi) is 5.14. The third-order valence-corrected chi connectivity index (χ3v) is 6.28. The van der Waals surface area contributed by atoms with E-state index in [0.717, 1.165) is 30.6 Å². The van der Waals surface area contributed by atoms with Crippen molar-refractivity contribution in [2.75, 3.05) is 19.8 Å². The second kappa shape index (κ2) is 7.12. The third-order valence-electron chi connectivity index (χ3n) is 5.19. The molecular formula is C18H26FN3S. The van der Waals surface area contributed by atoms with Crippen LogP contribution in [0.5, 0.6) is 0 Å². The summed E-state index contributed by atoms with van der Waals surface area (Å²) in [6, 6.07) is 7.48. The lowest BCUT2D eigenvalue weighted by Crippen LogP contribution is -2.45. The molecule has 0 aliphatic heterocycles. The van der Waals surface area contributed by atoms with Gasteiger partial charge in [0.2, 0.25) is 0 Å². The molecule has 23 heavy (non-hydrogen) atoms. The summed E-state index contributed by atoms with van der Waals surface area (Å²) in [6.45, 7) is 0.858. The maximum absolute atomic E-state index is 13.1. The Morgan fingerprint density at radius 3 is 2.61 bits per heavy atom. The number of benzene rings is 1. The summed E-state index contributed by atoms with van der Waals surface area (Å²) in [4.78, 5) is 4.37. The molecule has 0 spiro atoms. The smallest absolute Gasteiger partial charge is 0.191 e. The zero-order valence-corrected chi connectivity index (χ0v) is 14.8. The van der Waals surface area contributed by atoms with E-state index in [2.05, 4.69) is 21.9 Å². The molecule has 1 aromatic carbocycles. The molecule has 1 aromatic rings. The van der Waals surface area contributed by atoms with Gasteiger partial charge in [0.1, 0.15) is 5.82 Å². The molecule has 2 N–H and O–H groups in total. The van der Waals surface area contributed by atoms with Gasteiger partial charge in [0.25, 0.3) is 0 Å². The van der Waals surface area contributed by atoms with Gasteiger partial charge in [0.15, 0.2) is 5.96 Å². The van der Waals surface area contributed by atoms with Crippen LogP contribution in [-0.4, -0.2) is 37.1 Å². The second-order valence-electron chi connectivity index (χ2n) is 6.73. The minimum absolute atomic E-state index is 0.156. The number of guanidine groups is 1. The summed E-state index contributed by atoms with van der Waals surface area (Å²) in [5.74, 6) is 0.727. The first-order chi connectivity index (χ1) is 11.1. The number of hydrogen-bond acceptors (Lipinski definition) is 2. The summed E-state index contributed by atoms with van der Waals surface area (Å²) in [6.07, 6.45) is 8.22. The maximum atomic E-state index is 13.1. The van der Waals surface area contributed by atoms with E-state index in [9.17, 15) is 4.39 Å². The molecule has 2 atom stereocenters. The van der Waals surface area contributed by atoms with Crippen LogP contribution in [0.15, 0.2) is 29.3 Å². The van der Waals surface area contributed by atoms with E-state index in [1.807, 2.05) is 30.9 Å². The van der Waals surface area contributed by atoms with Crippen LogP contribution in [0.3, 0.4) is 0 Å². The highest BCUT2D eigenvalue weighted by molar-refractivity contribution is 7.99. The number of nitrogens with one attached hydrogen (secondary N) is 2. The second-order valence-corrected chi connectivity index (χ2v) is 7.86. The molecule has 0 amide bonds. The van der Waals surface area contributed by atoms with E-state index >= 15 is 0 Å². The highest BCUT2D eigenvalue weighted by Gasteiger charge is 2.44. The lowest BCUT2D eigenvalue weighted by Gasteiger charge is -2.21. The lowest BCUT2D eigenvalue weighted by atomic mass is 9.96. The molecule has 5 heteroatoms. The first-order valence-corrected chi connectivity index (χ1v) is 9.70. The van der Waals surface area contributed by atoms with Crippen molar-refractivity contribution in [1.29, 1.82) is 0 Å². The minimum atomic E-state index is -0.167. The van der Waals surface area contributed by atoms with Crippen molar-refractivity contribution in [1.82, 2.24) is 10.6 Å². The molecule has 2 unspecified atom stereocenters. The summed E-state index contributed by atoms with van der Waals surface area (Å²) in [5, 5.41) is 7.82. The van der Waals surface area contributed by atoms with E-state index in [-0.39, 0.29) is 11.2 Å². The summed E-state index contributed by atoms with van der Waals surface area (Å²) < 4.78 is 13.1. The molecule has 2 aliphatic carbocycles. The van der Waals surface area contributed by atoms with Crippen molar-refractivity contribution in [3.8, 4) is 0 Å². The first kappa shape index (κ1) is 16.6. The van der Waals surface area contributed by atoms with Gasteiger partial charge in [-0.05, 0) is 56.1 Å². The monoisotopic (exact) mass is 335 g/mol. The van der Waals surface area contributed by atoms with Gasteiger partial charge < -0.3 is 10.6 Å².